The van der Waals surface area contributed by atoms with Crippen molar-refractivity contribution in [3.8, 4) is 23.0 Å². The van der Waals surface area contributed by atoms with Crippen molar-refractivity contribution in [3.63, 3.8) is 0 Å². The minimum atomic E-state index is -1.71. The SMILES string of the molecule is COc1ccc([C@@H](O[C@H]2O[C@H](CO)[C@@H](O)[C@H](O)[C@H]2O)[C@H](CO)Oc2ccc(C=CCO)cc2OC)cc1O. The average Bonchev–Trinajstić information content (AvgIpc) is 2.93. The van der Waals surface area contributed by atoms with Crippen LogP contribution in [0.2, 0.25) is 0 Å². The van der Waals surface area contributed by atoms with Gasteiger partial charge in [-0.05, 0) is 35.4 Å². The number of aromatic hydroxyl groups is 1. The molecule has 38 heavy (non-hydrogen) atoms. The number of rotatable bonds is 12. The highest BCUT2D eigenvalue weighted by Gasteiger charge is 2.46. The van der Waals surface area contributed by atoms with Gasteiger partial charge in [-0.1, -0.05) is 24.3 Å². The van der Waals surface area contributed by atoms with Gasteiger partial charge in [0.1, 0.15) is 30.5 Å². The van der Waals surface area contributed by atoms with Crippen LogP contribution in [0.15, 0.2) is 42.5 Å². The lowest BCUT2D eigenvalue weighted by Crippen LogP contribution is -2.59. The normalized spacial score (nSPS) is 25.2. The van der Waals surface area contributed by atoms with Gasteiger partial charge >= 0.3 is 0 Å². The van der Waals surface area contributed by atoms with Crippen molar-refractivity contribution in [3.05, 3.63) is 53.6 Å². The fraction of sp³-hybridized carbons (Fsp3) is 0.462. The van der Waals surface area contributed by atoms with E-state index in [1.165, 1.54) is 26.4 Å². The van der Waals surface area contributed by atoms with Crippen LogP contribution < -0.4 is 14.2 Å². The van der Waals surface area contributed by atoms with E-state index in [9.17, 15) is 30.6 Å². The van der Waals surface area contributed by atoms with Crippen molar-refractivity contribution in [1.29, 1.82) is 0 Å². The molecule has 0 saturated carbocycles. The van der Waals surface area contributed by atoms with Gasteiger partial charge in [0, 0.05) is 0 Å². The zero-order chi connectivity index (χ0) is 27.8. The summed E-state index contributed by atoms with van der Waals surface area (Å²) in [5.74, 6) is 0.484. The lowest BCUT2D eigenvalue weighted by molar-refractivity contribution is -0.318. The number of phenolic OH excluding ortho intramolecular Hbond substituents is 1. The first kappa shape index (κ1) is 29.6. The second kappa shape index (κ2) is 13.7. The van der Waals surface area contributed by atoms with Crippen LogP contribution in [0.5, 0.6) is 23.0 Å². The molecule has 0 radical (unpaired) electrons. The summed E-state index contributed by atoms with van der Waals surface area (Å²) in [6.45, 7) is -1.41. The topological polar surface area (TPSA) is 188 Å². The van der Waals surface area contributed by atoms with E-state index < -0.39 is 56.1 Å². The Balaban J connectivity index is 1.97. The summed E-state index contributed by atoms with van der Waals surface area (Å²) in [6.07, 6.45) is -6.92. The first-order valence-corrected chi connectivity index (χ1v) is 11.8. The van der Waals surface area contributed by atoms with Crippen LogP contribution in [0, 0.1) is 0 Å². The fourth-order valence-corrected chi connectivity index (χ4v) is 4.02. The predicted molar refractivity (Wildman–Crippen MR) is 133 cm³/mol. The molecule has 1 aliphatic heterocycles. The van der Waals surface area contributed by atoms with E-state index in [4.69, 9.17) is 28.8 Å². The van der Waals surface area contributed by atoms with E-state index in [2.05, 4.69) is 0 Å². The zero-order valence-electron chi connectivity index (χ0n) is 21.0. The lowest BCUT2D eigenvalue weighted by Gasteiger charge is -2.41. The van der Waals surface area contributed by atoms with E-state index in [1.54, 1.807) is 36.4 Å². The van der Waals surface area contributed by atoms with Gasteiger partial charge in [-0.2, -0.15) is 0 Å². The summed E-state index contributed by atoms with van der Waals surface area (Å²) in [7, 11) is 2.81. The Morgan fingerprint density at radius 1 is 0.895 bits per heavy atom. The van der Waals surface area contributed by atoms with Gasteiger partial charge in [-0.3, -0.25) is 0 Å². The van der Waals surface area contributed by atoms with Gasteiger partial charge in [0.2, 0.25) is 0 Å². The van der Waals surface area contributed by atoms with E-state index in [0.717, 1.165) is 5.56 Å². The molecule has 0 unspecified atom stereocenters. The third kappa shape index (κ3) is 6.73. The summed E-state index contributed by atoms with van der Waals surface area (Å²) in [5.41, 5.74) is 1.01. The third-order valence-corrected chi connectivity index (χ3v) is 6.06. The van der Waals surface area contributed by atoms with Crippen LogP contribution >= 0.6 is 0 Å². The molecule has 0 aromatic heterocycles. The molecular formula is C26H34O12. The Labute approximate surface area is 219 Å². The van der Waals surface area contributed by atoms with E-state index in [-0.39, 0.29) is 23.9 Å². The summed E-state index contributed by atoms with van der Waals surface area (Å²) in [5, 5.41) is 70.1. The van der Waals surface area contributed by atoms with Crippen LogP contribution in [-0.4, -0.2) is 107 Å². The van der Waals surface area contributed by atoms with Crippen molar-refractivity contribution in [2.75, 3.05) is 34.0 Å². The Morgan fingerprint density at radius 3 is 2.21 bits per heavy atom. The standard InChI is InChI=1S/C26H34O12/c1-34-17-8-6-15(11-16(17)30)25(38-26-24(33)23(32)22(31)20(12-28)37-26)21(13-29)36-18-7-5-14(4-3-9-27)10-19(18)35-2/h3-8,10-11,20-33H,9,12-13H2,1-2H3/t20-,21+,22-,23+,24-,25-,26-/m1/s1. The van der Waals surface area contributed by atoms with Crippen LogP contribution in [0.1, 0.15) is 17.2 Å². The maximum absolute atomic E-state index is 10.5. The van der Waals surface area contributed by atoms with Crippen molar-refractivity contribution in [1.82, 2.24) is 0 Å². The highest BCUT2D eigenvalue weighted by molar-refractivity contribution is 5.56. The molecule has 0 spiro atoms. The highest BCUT2D eigenvalue weighted by Crippen LogP contribution is 2.37. The maximum Gasteiger partial charge on any atom is 0.187 e. The molecule has 3 rings (SSSR count). The Hall–Kier alpha value is -2.94. The Kier molecular flexibility index (Phi) is 10.7. The number of hydrogen-bond donors (Lipinski definition) is 7. The van der Waals surface area contributed by atoms with Gasteiger partial charge in [0.25, 0.3) is 0 Å². The first-order valence-electron chi connectivity index (χ1n) is 11.8. The van der Waals surface area contributed by atoms with E-state index in [1.807, 2.05) is 0 Å². The second-order valence-corrected chi connectivity index (χ2v) is 8.52. The number of methoxy groups -OCH3 is 2. The van der Waals surface area contributed by atoms with Crippen LogP contribution in [0.4, 0.5) is 0 Å². The van der Waals surface area contributed by atoms with Gasteiger partial charge in [-0.15, -0.1) is 0 Å². The zero-order valence-corrected chi connectivity index (χ0v) is 21.0. The average molecular weight is 539 g/mol. The van der Waals surface area contributed by atoms with E-state index in [0.29, 0.717) is 11.3 Å². The van der Waals surface area contributed by atoms with Gasteiger partial charge < -0.3 is 59.4 Å². The summed E-state index contributed by atoms with van der Waals surface area (Å²) in [6, 6.07) is 9.27. The number of hydrogen-bond acceptors (Lipinski definition) is 12. The van der Waals surface area contributed by atoms with Crippen molar-refractivity contribution < 1.29 is 59.4 Å². The number of aliphatic hydroxyl groups is 6. The molecule has 12 nitrogen and oxygen atoms in total. The Morgan fingerprint density at radius 2 is 1.61 bits per heavy atom. The van der Waals surface area contributed by atoms with Crippen molar-refractivity contribution in [2.24, 2.45) is 0 Å². The van der Waals surface area contributed by atoms with Gasteiger partial charge in [-0.25, -0.2) is 0 Å². The monoisotopic (exact) mass is 538 g/mol. The number of benzene rings is 2. The van der Waals surface area contributed by atoms with Crippen LogP contribution in [0.25, 0.3) is 6.08 Å². The van der Waals surface area contributed by atoms with Crippen LogP contribution in [0.3, 0.4) is 0 Å². The third-order valence-electron chi connectivity index (χ3n) is 6.06. The second-order valence-electron chi connectivity index (χ2n) is 8.52. The number of phenols is 1. The maximum atomic E-state index is 10.5. The van der Waals surface area contributed by atoms with Gasteiger partial charge in [0.05, 0.1) is 34.0 Å². The first-order chi connectivity index (χ1) is 18.3. The molecule has 0 bridgehead atoms. The molecule has 0 amide bonds. The molecular weight excluding hydrogens is 504 g/mol. The number of ether oxygens (including phenoxy) is 5. The molecule has 1 fully saturated rings. The largest absolute Gasteiger partial charge is 0.504 e. The Bertz CT molecular complexity index is 1060. The molecule has 7 N–H and O–H groups in total. The quantitative estimate of drug-likeness (QED) is 0.187. The molecule has 0 aliphatic carbocycles. The molecule has 210 valence electrons. The summed E-state index contributed by atoms with van der Waals surface area (Å²) >= 11 is 0. The minimum absolute atomic E-state index is 0.140. The summed E-state index contributed by atoms with van der Waals surface area (Å²) < 4.78 is 28.0. The van der Waals surface area contributed by atoms with Crippen LogP contribution in [-0.2, 0) is 9.47 Å². The van der Waals surface area contributed by atoms with Crippen molar-refractivity contribution in [2.45, 2.75) is 42.9 Å². The fourth-order valence-electron chi connectivity index (χ4n) is 4.02. The molecule has 7 atom stereocenters. The predicted octanol–water partition coefficient (Wildman–Crippen LogP) is -0.288. The molecule has 1 heterocycles. The van der Waals surface area contributed by atoms with Gasteiger partial charge in [0.15, 0.2) is 35.4 Å². The molecule has 1 saturated heterocycles. The highest BCUT2D eigenvalue weighted by atomic mass is 16.7. The minimum Gasteiger partial charge on any atom is -0.504 e. The lowest BCUT2D eigenvalue weighted by atomic mass is 9.98. The van der Waals surface area contributed by atoms with E-state index >= 15 is 0 Å². The molecule has 2 aromatic rings. The smallest absolute Gasteiger partial charge is 0.187 e. The number of aliphatic hydroxyl groups excluding tert-OH is 6. The summed E-state index contributed by atoms with van der Waals surface area (Å²) in [4.78, 5) is 0. The molecule has 2 aromatic carbocycles. The molecule has 1 aliphatic rings. The van der Waals surface area contributed by atoms with Crippen molar-refractivity contribution >= 4 is 6.08 Å². The molecule has 12 heteroatoms.